The van der Waals surface area contributed by atoms with Crippen LogP contribution in [-0.4, -0.2) is 49.7 Å². The molecule has 1 unspecified atom stereocenters. The van der Waals surface area contributed by atoms with Crippen molar-refractivity contribution in [3.05, 3.63) is 29.8 Å². The highest BCUT2D eigenvalue weighted by molar-refractivity contribution is 5.97. The predicted octanol–water partition coefficient (Wildman–Crippen LogP) is 2.08. The van der Waals surface area contributed by atoms with E-state index < -0.39 is 0 Å². The van der Waals surface area contributed by atoms with Crippen molar-refractivity contribution >= 4 is 11.6 Å². The maximum absolute atomic E-state index is 12.7. The third-order valence-corrected chi connectivity index (χ3v) is 4.67. The van der Waals surface area contributed by atoms with Crippen molar-refractivity contribution in [3.8, 4) is 0 Å². The van der Waals surface area contributed by atoms with Crippen LogP contribution < -0.4 is 4.90 Å². The smallest absolute Gasteiger partial charge is 0.241 e. The number of likely N-dealkylation sites (N-methyl/N-ethyl adjacent to an activating group) is 1. The number of carbonyl (C=O) groups excluding carboxylic acids is 1. The molecule has 1 atom stereocenters. The predicted molar refractivity (Wildman–Crippen MR) is 83.6 cm³/mol. The summed E-state index contributed by atoms with van der Waals surface area (Å²) in [5, 5.41) is 0. The Bertz CT molecular complexity index is 511. The Morgan fingerprint density at radius 1 is 1.33 bits per heavy atom. The lowest BCUT2D eigenvalue weighted by molar-refractivity contribution is -0.120. The molecule has 1 fully saturated rings. The monoisotopic (exact) mass is 288 g/mol. The molecule has 1 aromatic rings. The molecule has 0 bridgehead atoms. The fraction of sp³-hybridized carbons (Fsp3) is 0.588. The van der Waals surface area contributed by atoms with Crippen LogP contribution in [0.5, 0.6) is 0 Å². The molecule has 0 aromatic heterocycles. The summed E-state index contributed by atoms with van der Waals surface area (Å²) >= 11 is 0. The van der Waals surface area contributed by atoms with E-state index in [1.165, 1.54) is 5.56 Å². The first kappa shape index (κ1) is 14.5. The number of para-hydroxylation sites is 1. The fourth-order valence-electron chi connectivity index (χ4n) is 3.49. The number of hydrogen-bond acceptors (Lipinski definition) is 3. The number of anilines is 1. The van der Waals surface area contributed by atoms with Gasteiger partial charge in [0.25, 0.3) is 0 Å². The Morgan fingerprint density at radius 3 is 2.81 bits per heavy atom. The molecular weight excluding hydrogens is 264 g/mol. The van der Waals surface area contributed by atoms with Gasteiger partial charge < -0.3 is 9.64 Å². The lowest BCUT2D eigenvalue weighted by Gasteiger charge is -2.32. The van der Waals surface area contributed by atoms with Gasteiger partial charge in [-0.05, 0) is 44.9 Å². The quantitative estimate of drug-likeness (QED) is 0.853. The third-order valence-electron chi connectivity index (χ3n) is 4.67. The van der Waals surface area contributed by atoms with Crippen LogP contribution in [0.25, 0.3) is 0 Å². The van der Waals surface area contributed by atoms with Crippen LogP contribution in [0.3, 0.4) is 0 Å². The maximum Gasteiger partial charge on any atom is 0.241 e. The second-order valence-electron chi connectivity index (χ2n) is 6.20. The minimum Gasteiger partial charge on any atom is -0.381 e. The lowest BCUT2D eigenvalue weighted by Crippen LogP contribution is -2.46. The number of amides is 1. The molecule has 2 aliphatic rings. The zero-order valence-corrected chi connectivity index (χ0v) is 12.9. The number of rotatable bonds is 3. The summed E-state index contributed by atoms with van der Waals surface area (Å²) in [6, 6.07) is 8.98. The summed E-state index contributed by atoms with van der Waals surface area (Å²) in [6.45, 7) is 4.24. The fourth-order valence-corrected chi connectivity index (χ4v) is 3.49. The van der Waals surface area contributed by atoms with Gasteiger partial charge in [-0.15, -0.1) is 0 Å². The van der Waals surface area contributed by atoms with E-state index in [0.29, 0.717) is 12.6 Å². The van der Waals surface area contributed by atoms with E-state index in [9.17, 15) is 4.79 Å². The van der Waals surface area contributed by atoms with Crippen molar-refractivity contribution in [2.75, 3.05) is 31.7 Å². The van der Waals surface area contributed by atoms with Crippen molar-refractivity contribution in [2.24, 2.45) is 0 Å². The SMILES string of the molecule is CC1Cc2ccccc2N1C(=O)CN(C)C1CCOCC1. The first-order valence-electron chi connectivity index (χ1n) is 7.85. The van der Waals surface area contributed by atoms with Gasteiger partial charge in [-0.3, -0.25) is 9.69 Å². The third kappa shape index (κ3) is 2.97. The van der Waals surface area contributed by atoms with E-state index in [1.54, 1.807) is 0 Å². The largest absolute Gasteiger partial charge is 0.381 e. The van der Waals surface area contributed by atoms with Crippen LogP contribution >= 0.6 is 0 Å². The molecule has 0 N–H and O–H groups in total. The van der Waals surface area contributed by atoms with Gasteiger partial charge in [-0.2, -0.15) is 0 Å². The van der Waals surface area contributed by atoms with Crippen molar-refractivity contribution < 1.29 is 9.53 Å². The van der Waals surface area contributed by atoms with E-state index in [4.69, 9.17) is 4.74 Å². The Labute approximate surface area is 126 Å². The number of benzene rings is 1. The zero-order valence-electron chi connectivity index (χ0n) is 12.9. The lowest BCUT2D eigenvalue weighted by atomic mass is 10.1. The number of fused-ring (bicyclic) bond motifs is 1. The number of nitrogens with zero attached hydrogens (tertiary/aromatic N) is 2. The van der Waals surface area contributed by atoms with Crippen molar-refractivity contribution in [1.29, 1.82) is 0 Å². The van der Waals surface area contributed by atoms with Gasteiger partial charge in [0, 0.05) is 31.0 Å². The van der Waals surface area contributed by atoms with Crippen LogP contribution in [0.2, 0.25) is 0 Å². The van der Waals surface area contributed by atoms with Crippen LogP contribution in [-0.2, 0) is 16.0 Å². The minimum absolute atomic E-state index is 0.210. The first-order valence-corrected chi connectivity index (χ1v) is 7.85. The summed E-state index contributed by atoms with van der Waals surface area (Å²) in [5.74, 6) is 0.210. The van der Waals surface area contributed by atoms with Crippen molar-refractivity contribution in [3.63, 3.8) is 0 Å². The van der Waals surface area contributed by atoms with Crippen LogP contribution in [0.4, 0.5) is 5.69 Å². The standard InChI is InChI=1S/C17H24N2O2/c1-13-11-14-5-3-4-6-16(14)19(13)17(20)12-18(2)15-7-9-21-10-8-15/h3-6,13,15H,7-12H2,1-2H3. The van der Waals surface area contributed by atoms with Gasteiger partial charge >= 0.3 is 0 Å². The van der Waals surface area contributed by atoms with E-state index in [1.807, 2.05) is 17.0 Å². The summed E-state index contributed by atoms with van der Waals surface area (Å²) in [4.78, 5) is 16.9. The Kier molecular flexibility index (Phi) is 4.27. The van der Waals surface area contributed by atoms with E-state index in [2.05, 4.69) is 31.0 Å². The summed E-state index contributed by atoms with van der Waals surface area (Å²) in [7, 11) is 2.06. The van der Waals surface area contributed by atoms with Crippen LogP contribution in [0.15, 0.2) is 24.3 Å². The summed E-state index contributed by atoms with van der Waals surface area (Å²) < 4.78 is 5.40. The second-order valence-corrected chi connectivity index (χ2v) is 6.20. The highest BCUT2D eigenvalue weighted by Gasteiger charge is 2.31. The molecule has 114 valence electrons. The van der Waals surface area contributed by atoms with Gasteiger partial charge in [0.15, 0.2) is 0 Å². The summed E-state index contributed by atoms with van der Waals surface area (Å²) in [6.07, 6.45) is 3.01. The van der Waals surface area contributed by atoms with E-state index >= 15 is 0 Å². The molecule has 0 spiro atoms. The average molecular weight is 288 g/mol. The van der Waals surface area contributed by atoms with Gasteiger partial charge in [0.05, 0.1) is 6.54 Å². The van der Waals surface area contributed by atoms with Gasteiger partial charge in [0.2, 0.25) is 5.91 Å². The highest BCUT2D eigenvalue weighted by atomic mass is 16.5. The molecule has 1 saturated heterocycles. The molecule has 4 heteroatoms. The molecule has 0 aliphatic carbocycles. The Hall–Kier alpha value is -1.39. The molecule has 4 nitrogen and oxygen atoms in total. The molecule has 0 radical (unpaired) electrons. The average Bonchev–Trinajstić information content (AvgIpc) is 2.83. The number of carbonyl (C=O) groups is 1. The van der Waals surface area contributed by atoms with Gasteiger partial charge in [-0.25, -0.2) is 0 Å². The van der Waals surface area contributed by atoms with Crippen molar-refractivity contribution in [1.82, 2.24) is 4.90 Å². The molecular formula is C17H24N2O2. The maximum atomic E-state index is 12.7. The minimum atomic E-state index is 0.210. The molecule has 3 rings (SSSR count). The molecule has 0 saturated carbocycles. The van der Waals surface area contributed by atoms with Crippen molar-refractivity contribution in [2.45, 2.75) is 38.3 Å². The molecule has 2 aliphatic heterocycles. The second kappa shape index (κ2) is 6.16. The Morgan fingerprint density at radius 2 is 2.05 bits per heavy atom. The number of hydrogen-bond donors (Lipinski definition) is 0. The topological polar surface area (TPSA) is 32.8 Å². The normalized spacial score (nSPS) is 22.6. The van der Waals surface area contributed by atoms with Gasteiger partial charge in [0.1, 0.15) is 0 Å². The molecule has 1 aromatic carbocycles. The summed E-state index contributed by atoms with van der Waals surface area (Å²) in [5.41, 5.74) is 2.38. The Balaban J connectivity index is 1.67. The first-order chi connectivity index (χ1) is 10.2. The zero-order chi connectivity index (χ0) is 14.8. The highest BCUT2D eigenvalue weighted by Crippen LogP contribution is 2.32. The molecule has 21 heavy (non-hydrogen) atoms. The molecule has 1 amide bonds. The molecule has 2 heterocycles. The van der Waals surface area contributed by atoms with Crippen LogP contribution in [0.1, 0.15) is 25.3 Å². The van der Waals surface area contributed by atoms with Gasteiger partial charge in [-0.1, -0.05) is 18.2 Å². The van der Waals surface area contributed by atoms with E-state index in [0.717, 1.165) is 38.2 Å². The number of ether oxygens (including phenoxy) is 1. The van der Waals surface area contributed by atoms with E-state index in [-0.39, 0.29) is 11.9 Å². The van der Waals surface area contributed by atoms with Crippen LogP contribution in [0, 0.1) is 0 Å².